The first kappa shape index (κ1) is 15.7. The lowest BCUT2D eigenvalue weighted by molar-refractivity contribution is -0.118. The van der Waals surface area contributed by atoms with Gasteiger partial charge in [-0.05, 0) is 32.0 Å². The number of amides is 1. The Morgan fingerprint density at radius 1 is 1.17 bits per heavy atom. The van der Waals surface area contributed by atoms with E-state index in [1.165, 1.54) is 0 Å². The van der Waals surface area contributed by atoms with Crippen LogP contribution in [0.3, 0.4) is 0 Å². The van der Waals surface area contributed by atoms with Crippen LogP contribution < -0.4 is 10.1 Å². The molecular formula is C17H17N5O2. The van der Waals surface area contributed by atoms with Crippen molar-refractivity contribution in [3.63, 3.8) is 0 Å². The summed E-state index contributed by atoms with van der Waals surface area (Å²) in [6, 6.07) is 11.1. The fourth-order valence-corrected chi connectivity index (χ4v) is 2.19. The fourth-order valence-electron chi connectivity index (χ4n) is 2.19. The summed E-state index contributed by atoms with van der Waals surface area (Å²) in [7, 11) is 0. The Labute approximate surface area is 139 Å². The molecule has 0 aliphatic heterocycles. The molecule has 0 atom stereocenters. The summed E-state index contributed by atoms with van der Waals surface area (Å²) < 4.78 is 7.04. The van der Waals surface area contributed by atoms with Crippen LogP contribution in [0.2, 0.25) is 0 Å². The highest BCUT2D eigenvalue weighted by Crippen LogP contribution is 2.11. The quantitative estimate of drug-likeness (QED) is 0.779. The SMILES string of the molecule is Cc1cc(C)n(-c2ncc(NC(=O)COc3ccccc3)cn2)n1. The maximum atomic E-state index is 11.9. The van der Waals surface area contributed by atoms with Gasteiger partial charge in [0.25, 0.3) is 11.9 Å². The number of carbonyl (C=O) groups is 1. The molecule has 0 bridgehead atoms. The molecule has 2 heterocycles. The van der Waals surface area contributed by atoms with Gasteiger partial charge in [-0.15, -0.1) is 0 Å². The molecule has 7 nitrogen and oxygen atoms in total. The molecule has 0 aliphatic rings. The Bertz CT molecular complexity index is 828. The molecular weight excluding hydrogens is 306 g/mol. The van der Waals surface area contributed by atoms with Gasteiger partial charge in [0.1, 0.15) is 5.75 Å². The first-order valence-electron chi connectivity index (χ1n) is 7.45. The van der Waals surface area contributed by atoms with Gasteiger partial charge in [-0.1, -0.05) is 18.2 Å². The molecule has 0 fully saturated rings. The van der Waals surface area contributed by atoms with Crippen molar-refractivity contribution in [3.05, 3.63) is 60.2 Å². The minimum absolute atomic E-state index is 0.0801. The van der Waals surface area contributed by atoms with E-state index in [9.17, 15) is 4.79 Å². The summed E-state index contributed by atoms with van der Waals surface area (Å²) in [5.41, 5.74) is 2.34. The van der Waals surface area contributed by atoms with Gasteiger partial charge in [0.2, 0.25) is 0 Å². The number of aryl methyl sites for hydroxylation is 2. The van der Waals surface area contributed by atoms with Crippen LogP contribution in [0.15, 0.2) is 48.8 Å². The van der Waals surface area contributed by atoms with Crippen molar-refractivity contribution in [2.75, 3.05) is 11.9 Å². The van der Waals surface area contributed by atoms with Gasteiger partial charge in [-0.25, -0.2) is 14.6 Å². The van der Waals surface area contributed by atoms with Crippen molar-refractivity contribution in [1.82, 2.24) is 19.7 Å². The van der Waals surface area contributed by atoms with Crippen LogP contribution in [-0.2, 0) is 4.79 Å². The maximum Gasteiger partial charge on any atom is 0.262 e. The molecule has 0 saturated carbocycles. The molecule has 0 spiro atoms. The Hall–Kier alpha value is -3.22. The van der Waals surface area contributed by atoms with Gasteiger partial charge in [0.05, 0.1) is 23.8 Å². The normalized spacial score (nSPS) is 10.4. The highest BCUT2D eigenvalue weighted by Gasteiger charge is 2.08. The molecule has 0 aliphatic carbocycles. The number of anilines is 1. The highest BCUT2D eigenvalue weighted by atomic mass is 16.5. The first-order valence-corrected chi connectivity index (χ1v) is 7.45. The molecule has 1 amide bonds. The van der Waals surface area contributed by atoms with E-state index in [0.29, 0.717) is 17.4 Å². The lowest BCUT2D eigenvalue weighted by Gasteiger charge is -2.07. The molecule has 2 aromatic heterocycles. The zero-order valence-corrected chi connectivity index (χ0v) is 13.4. The molecule has 1 aromatic carbocycles. The minimum Gasteiger partial charge on any atom is -0.484 e. The van der Waals surface area contributed by atoms with Crippen LogP contribution in [-0.4, -0.2) is 32.3 Å². The summed E-state index contributed by atoms with van der Waals surface area (Å²) in [5, 5.41) is 7.01. The molecule has 0 saturated heterocycles. The highest BCUT2D eigenvalue weighted by molar-refractivity contribution is 5.91. The third kappa shape index (κ3) is 3.75. The van der Waals surface area contributed by atoms with E-state index in [1.807, 2.05) is 38.1 Å². The van der Waals surface area contributed by atoms with E-state index in [4.69, 9.17) is 4.74 Å². The number of benzene rings is 1. The van der Waals surface area contributed by atoms with Crippen molar-refractivity contribution in [2.45, 2.75) is 13.8 Å². The van der Waals surface area contributed by atoms with E-state index in [-0.39, 0.29) is 12.5 Å². The number of hydrogen-bond acceptors (Lipinski definition) is 5. The van der Waals surface area contributed by atoms with Gasteiger partial charge >= 0.3 is 0 Å². The van der Waals surface area contributed by atoms with Gasteiger partial charge in [0, 0.05) is 5.69 Å². The van der Waals surface area contributed by atoms with Crippen molar-refractivity contribution < 1.29 is 9.53 Å². The van der Waals surface area contributed by atoms with Crippen molar-refractivity contribution in [1.29, 1.82) is 0 Å². The molecule has 24 heavy (non-hydrogen) atoms. The fraction of sp³-hybridized carbons (Fsp3) is 0.176. The van der Waals surface area contributed by atoms with Crippen LogP contribution in [0.5, 0.6) is 5.75 Å². The largest absolute Gasteiger partial charge is 0.484 e. The monoisotopic (exact) mass is 323 g/mol. The lowest BCUT2D eigenvalue weighted by Crippen LogP contribution is -2.20. The number of hydrogen-bond donors (Lipinski definition) is 1. The van der Waals surface area contributed by atoms with Crippen LogP contribution in [0.4, 0.5) is 5.69 Å². The van der Waals surface area contributed by atoms with Crippen LogP contribution in [0, 0.1) is 13.8 Å². The second kappa shape index (κ2) is 6.91. The maximum absolute atomic E-state index is 11.9. The Balaban J connectivity index is 1.60. The average Bonchev–Trinajstić information content (AvgIpc) is 2.93. The van der Waals surface area contributed by atoms with Gasteiger partial charge < -0.3 is 10.1 Å². The zero-order valence-electron chi connectivity index (χ0n) is 13.4. The summed E-state index contributed by atoms with van der Waals surface area (Å²) in [6.07, 6.45) is 3.08. The number of nitrogens with zero attached hydrogens (tertiary/aromatic N) is 4. The van der Waals surface area contributed by atoms with Crippen LogP contribution in [0.25, 0.3) is 5.95 Å². The van der Waals surface area contributed by atoms with E-state index in [2.05, 4.69) is 20.4 Å². The predicted molar refractivity (Wildman–Crippen MR) is 89.2 cm³/mol. The predicted octanol–water partition coefficient (Wildman–Crippen LogP) is 2.30. The summed E-state index contributed by atoms with van der Waals surface area (Å²) in [4.78, 5) is 20.3. The lowest BCUT2D eigenvalue weighted by atomic mass is 10.3. The Kier molecular flexibility index (Phi) is 4.51. The summed E-state index contributed by atoms with van der Waals surface area (Å²) in [5.74, 6) is 0.823. The van der Waals surface area contributed by atoms with Crippen molar-refractivity contribution in [3.8, 4) is 11.7 Å². The van der Waals surface area contributed by atoms with E-state index >= 15 is 0 Å². The average molecular weight is 323 g/mol. The molecule has 0 radical (unpaired) electrons. The molecule has 122 valence electrons. The third-order valence-corrected chi connectivity index (χ3v) is 3.23. The number of aromatic nitrogens is 4. The number of nitrogens with one attached hydrogen (secondary N) is 1. The van der Waals surface area contributed by atoms with Gasteiger partial charge in [0.15, 0.2) is 6.61 Å². The second-order valence-electron chi connectivity index (χ2n) is 5.26. The van der Waals surface area contributed by atoms with E-state index < -0.39 is 0 Å². The van der Waals surface area contributed by atoms with Gasteiger partial charge in [-0.3, -0.25) is 4.79 Å². The zero-order chi connectivity index (χ0) is 16.9. The molecule has 1 N–H and O–H groups in total. The van der Waals surface area contributed by atoms with Crippen molar-refractivity contribution >= 4 is 11.6 Å². The van der Waals surface area contributed by atoms with E-state index in [0.717, 1.165) is 11.4 Å². The van der Waals surface area contributed by atoms with Crippen molar-refractivity contribution in [2.24, 2.45) is 0 Å². The Morgan fingerprint density at radius 3 is 2.50 bits per heavy atom. The second-order valence-corrected chi connectivity index (χ2v) is 5.26. The van der Waals surface area contributed by atoms with Crippen LogP contribution >= 0.6 is 0 Å². The topological polar surface area (TPSA) is 81.9 Å². The third-order valence-electron chi connectivity index (χ3n) is 3.23. The molecule has 3 aromatic rings. The molecule has 0 unspecified atom stereocenters. The van der Waals surface area contributed by atoms with Gasteiger partial charge in [-0.2, -0.15) is 5.10 Å². The number of rotatable bonds is 5. The van der Waals surface area contributed by atoms with Crippen LogP contribution in [0.1, 0.15) is 11.4 Å². The van der Waals surface area contributed by atoms with E-state index in [1.54, 1.807) is 29.2 Å². The number of para-hydroxylation sites is 1. The molecule has 7 heteroatoms. The Morgan fingerprint density at radius 2 is 1.88 bits per heavy atom. The smallest absolute Gasteiger partial charge is 0.262 e. The minimum atomic E-state index is -0.277. The first-order chi connectivity index (χ1) is 11.6. The summed E-state index contributed by atoms with van der Waals surface area (Å²) in [6.45, 7) is 3.76. The standard InChI is InChI=1S/C17H17N5O2/c1-12-8-13(2)22(21-12)17-18-9-14(10-19-17)20-16(23)11-24-15-6-4-3-5-7-15/h3-10H,11H2,1-2H3,(H,20,23). The number of carbonyl (C=O) groups excluding carboxylic acids is 1. The summed E-state index contributed by atoms with van der Waals surface area (Å²) >= 11 is 0. The molecule has 3 rings (SSSR count). The number of ether oxygens (including phenoxy) is 1.